The number of rotatable bonds is 6. The predicted molar refractivity (Wildman–Crippen MR) is 123 cm³/mol. The van der Waals surface area contributed by atoms with Crippen LogP contribution in [0.25, 0.3) is 0 Å². The van der Waals surface area contributed by atoms with Gasteiger partial charge in [-0.1, -0.05) is 35.6 Å². The maximum atomic E-state index is 12.6. The van der Waals surface area contributed by atoms with Gasteiger partial charge >= 0.3 is 0 Å². The summed E-state index contributed by atoms with van der Waals surface area (Å²) >= 11 is 1.16. The highest BCUT2D eigenvalue weighted by molar-refractivity contribution is 7.92. The van der Waals surface area contributed by atoms with E-state index in [9.17, 15) is 18.0 Å². The number of nitrogens with one attached hydrogen (secondary N) is 1. The zero-order chi connectivity index (χ0) is 22.9. The second-order valence-corrected chi connectivity index (χ2v) is 10.8. The summed E-state index contributed by atoms with van der Waals surface area (Å²) < 4.78 is 24.7. The van der Waals surface area contributed by atoms with Gasteiger partial charge in [0.05, 0.1) is 4.90 Å². The van der Waals surface area contributed by atoms with E-state index in [1.807, 2.05) is 26.0 Å². The van der Waals surface area contributed by atoms with Crippen LogP contribution in [0.1, 0.15) is 28.5 Å². The van der Waals surface area contributed by atoms with Gasteiger partial charge in [-0.15, -0.1) is 10.2 Å². The van der Waals surface area contributed by atoms with Gasteiger partial charge in [0.25, 0.3) is 0 Å². The van der Waals surface area contributed by atoms with Crippen molar-refractivity contribution in [2.75, 3.05) is 22.5 Å². The molecule has 8 nitrogen and oxygen atoms in total. The second-order valence-electron chi connectivity index (χ2n) is 7.82. The molecule has 0 unspecified atom stereocenters. The molecular weight excluding hydrogens is 448 g/mol. The Morgan fingerprint density at radius 1 is 1.12 bits per heavy atom. The topological polar surface area (TPSA) is 109 Å². The zero-order valence-corrected chi connectivity index (χ0v) is 19.2. The molecule has 4 rings (SSSR count). The van der Waals surface area contributed by atoms with E-state index >= 15 is 0 Å². The minimum Gasteiger partial charge on any atom is -0.312 e. The molecule has 1 saturated heterocycles. The van der Waals surface area contributed by atoms with Crippen LogP contribution in [0.2, 0.25) is 0 Å². The fourth-order valence-electron chi connectivity index (χ4n) is 3.72. The number of carbonyl (C=O) groups is 2. The van der Waals surface area contributed by atoms with Crippen LogP contribution < -0.4 is 10.2 Å². The number of benzene rings is 2. The summed E-state index contributed by atoms with van der Waals surface area (Å²) in [5.74, 6) is -1.50. The van der Waals surface area contributed by atoms with Crippen molar-refractivity contribution in [3.8, 4) is 0 Å². The summed E-state index contributed by atoms with van der Waals surface area (Å²) in [6.45, 7) is 4.46. The molecule has 2 amide bonds. The van der Waals surface area contributed by atoms with Gasteiger partial charge in [-0.05, 0) is 49.2 Å². The first kappa shape index (κ1) is 22.1. The van der Waals surface area contributed by atoms with E-state index in [2.05, 4.69) is 21.6 Å². The van der Waals surface area contributed by atoms with Gasteiger partial charge in [-0.25, -0.2) is 8.42 Å². The monoisotopic (exact) mass is 470 g/mol. The van der Waals surface area contributed by atoms with Gasteiger partial charge in [0.1, 0.15) is 10.8 Å². The largest absolute Gasteiger partial charge is 0.312 e. The van der Waals surface area contributed by atoms with Crippen molar-refractivity contribution < 1.29 is 18.0 Å². The van der Waals surface area contributed by atoms with Gasteiger partial charge in [0.2, 0.25) is 16.9 Å². The number of aryl methyl sites for hydroxylation is 2. The lowest BCUT2D eigenvalue weighted by Gasteiger charge is -2.17. The van der Waals surface area contributed by atoms with Crippen molar-refractivity contribution in [3.63, 3.8) is 0 Å². The summed E-state index contributed by atoms with van der Waals surface area (Å²) in [6, 6.07) is 13.8. The van der Waals surface area contributed by atoms with Crippen molar-refractivity contribution in [2.45, 2.75) is 31.1 Å². The summed E-state index contributed by atoms with van der Waals surface area (Å²) in [5, 5.41) is 11.4. The maximum absolute atomic E-state index is 12.6. The number of aromatic nitrogens is 2. The van der Waals surface area contributed by atoms with Crippen LogP contribution in [0.15, 0.2) is 53.4 Å². The van der Waals surface area contributed by atoms with Gasteiger partial charge in [0.15, 0.2) is 9.84 Å². The van der Waals surface area contributed by atoms with Crippen LogP contribution in [0.4, 0.5) is 10.8 Å². The Bertz CT molecular complexity index is 1250. The highest BCUT2D eigenvalue weighted by Crippen LogP contribution is 2.34. The predicted octanol–water partition coefficient (Wildman–Crippen LogP) is 3.09. The Hall–Kier alpha value is -3.11. The number of anilines is 2. The van der Waals surface area contributed by atoms with Gasteiger partial charge in [-0.2, -0.15) is 0 Å². The van der Waals surface area contributed by atoms with Gasteiger partial charge in [-0.3, -0.25) is 14.9 Å². The molecule has 0 spiro atoms. The molecule has 1 atom stereocenters. The van der Waals surface area contributed by atoms with Crippen LogP contribution >= 0.6 is 11.3 Å². The molecule has 3 aromatic rings. The third-order valence-electron chi connectivity index (χ3n) is 5.10. The third kappa shape index (κ3) is 4.86. The van der Waals surface area contributed by atoms with Crippen molar-refractivity contribution in [2.24, 2.45) is 0 Å². The quantitative estimate of drug-likeness (QED) is 0.593. The number of carbonyl (C=O) groups excluding carboxylic acids is 2. The molecule has 1 aliphatic rings. The molecule has 1 aliphatic heterocycles. The van der Waals surface area contributed by atoms with Gasteiger partial charge in [0, 0.05) is 24.6 Å². The fourth-order valence-corrected chi connectivity index (χ4v) is 5.72. The lowest BCUT2D eigenvalue weighted by Crippen LogP contribution is -2.24. The summed E-state index contributed by atoms with van der Waals surface area (Å²) in [6.07, 6.45) is 0.304. The van der Waals surface area contributed by atoms with E-state index < -0.39 is 21.5 Å². The normalized spacial score (nSPS) is 16.4. The van der Waals surface area contributed by atoms with Crippen molar-refractivity contribution in [1.29, 1.82) is 0 Å². The smallest absolute Gasteiger partial charge is 0.241 e. The van der Waals surface area contributed by atoms with Crippen LogP contribution in [-0.2, 0) is 19.4 Å². The van der Waals surface area contributed by atoms with E-state index in [1.54, 1.807) is 23.1 Å². The minimum atomic E-state index is -3.75. The van der Waals surface area contributed by atoms with Crippen molar-refractivity contribution in [3.05, 3.63) is 64.7 Å². The molecule has 0 bridgehead atoms. The van der Waals surface area contributed by atoms with Crippen LogP contribution in [0, 0.1) is 13.8 Å². The Kier molecular flexibility index (Phi) is 6.07. The second kappa shape index (κ2) is 8.79. The summed E-state index contributed by atoms with van der Waals surface area (Å²) in [5.41, 5.74) is 3.03. The van der Waals surface area contributed by atoms with Gasteiger partial charge < -0.3 is 4.90 Å². The first-order chi connectivity index (χ1) is 15.2. The van der Waals surface area contributed by atoms with Crippen molar-refractivity contribution >= 4 is 43.8 Å². The molecule has 2 aromatic carbocycles. The molecule has 0 radical (unpaired) electrons. The Labute approximate surface area is 190 Å². The SMILES string of the molecule is Cc1cc(C)cc(N2C[C@@H](c3nnc(NC(=O)CS(=O)(=O)c4ccccc4)s3)CC2=O)c1. The lowest BCUT2D eigenvalue weighted by atomic mass is 10.1. The van der Waals surface area contributed by atoms with E-state index in [1.165, 1.54) is 12.1 Å². The van der Waals surface area contributed by atoms with E-state index in [4.69, 9.17) is 0 Å². The number of hydrogen-bond donors (Lipinski definition) is 1. The van der Waals surface area contributed by atoms with Crippen LogP contribution in [0.5, 0.6) is 0 Å². The highest BCUT2D eigenvalue weighted by Gasteiger charge is 2.34. The number of nitrogens with zero attached hydrogens (tertiary/aromatic N) is 3. The summed E-state index contributed by atoms with van der Waals surface area (Å²) in [7, 11) is -3.75. The molecule has 1 fully saturated rings. The first-order valence-corrected chi connectivity index (χ1v) is 12.5. The number of amides is 2. The molecule has 0 saturated carbocycles. The number of sulfone groups is 1. The lowest BCUT2D eigenvalue weighted by molar-refractivity contribution is -0.117. The molecule has 32 heavy (non-hydrogen) atoms. The minimum absolute atomic E-state index is 0.00902. The molecule has 166 valence electrons. The van der Waals surface area contributed by atoms with Crippen molar-refractivity contribution in [1.82, 2.24) is 10.2 Å². The molecule has 1 aromatic heterocycles. The van der Waals surface area contributed by atoms with E-state index in [-0.39, 0.29) is 21.9 Å². The molecule has 10 heteroatoms. The Balaban J connectivity index is 1.42. The van der Waals surface area contributed by atoms with E-state index in [0.29, 0.717) is 18.0 Å². The zero-order valence-electron chi connectivity index (χ0n) is 17.6. The van der Waals surface area contributed by atoms with Crippen LogP contribution in [0.3, 0.4) is 0 Å². The molecule has 1 N–H and O–H groups in total. The third-order valence-corrected chi connectivity index (χ3v) is 7.74. The average Bonchev–Trinajstić information content (AvgIpc) is 3.34. The number of hydrogen-bond acceptors (Lipinski definition) is 7. The van der Waals surface area contributed by atoms with Crippen LogP contribution in [-0.4, -0.2) is 42.7 Å². The maximum Gasteiger partial charge on any atom is 0.241 e. The fraction of sp³-hybridized carbons (Fsp3) is 0.273. The van der Waals surface area contributed by atoms with E-state index in [0.717, 1.165) is 28.2 Å². The first-order valence-electron chi connectivity index (χ1n) is 10.0. The standard InChI is InChI=1S/C22H22N4O4S2/c1-14-8-15(2)10-17(9-14)26-12-16(11-20(26)28)21-24-25-22(31-21)23-19(27)13-32(29,30)18-6-4-3-5-7-18/h3-10,16H,11-13H2,1-2H3,(H,23,25,27)/t16-/m0/s1. The Morgan fingerprint density at radius 3 is 2.50 bits per heavy atom. The summed E-state index contributed by atoms with van der Waals surface area (Å²) in [4.78, 5) is 26.7. The average molecular weight is 471 g/mol. The Morgan fingerprint density at radius 2 is 1.81 bits per heavy atom. The molecule has 0 aliphatic carbocycles. The highest BCUT2D eigenvalue weighted by atomic mass is 32.2. The molecular formula is C22H22N4O4S2. The molecule has 2 heterocycles.